The topological polar surface area (TPSA) is 12.0 Å². The smallest absolute Gasteiger partial charge is 0.0252 e. The molecule has 1 N–H and O–H groups in total. The van der Waals surface area contributed by atoms with Gasteiger partial charge < -0.3 is 5.32 Å². The minimum atomic E-state index is 0.572. The largest absolute Gasteiger partial charge is 0.386 e. The van der Waals surface area contributed by atoms with E-state index in [1.165, 1.54) is 18.5 Å². The average molecular weight is 153 g/mol. The van der Waals surface area contributed by atoms with Crippen molar-refractivity contribution in [3.63, 3.8) is 0 Å². The van der Waals surface area contributed by atoms with Crippen molar-refractivity contribution in [2.75, 3.05) is 0 Å². The Hall–Kier alpha value is -0.460. The van der Waals surface area contributed by atoms with Crippen molar-refractivity contribution < 1.29 is 0 Å². The van der Waals surface area contributed by atoms with Gasteiger partial charge in [-0.05, 0) is 31.6 Å². The van der Waals surface area contributed by atoms with Crippen LogP contribution in [0.1, 0.15) is 33.6 Å². The molecule has 0 aliphatic heterocycles. The van der Waals surface area contributed by atoms with Gasteiger partial charge in [0.15, 0.2) is 0 Å². The fourth-order valence-corrected chi connectivity index (χ4v) is 1.01. The maximum Gasteiger partial charge on any atom is 0.0252 e. The van der Waals surface area contributed by atoms with E-state index in [4.69, 9.17) is 0 Å². The Morgan fingerprint density at radius 2 is 1.91 bits per heavy atom. The summed E-state index contributed by atoms with van der Waals surface area (Å²) in [7, 11) is 0. The molecule has 0 bridgehead atoms. The number of hydrogen-bond acceptors (Lipinski definition) is 1. The zero-order valence-corrected chi connectivity index (χ0v) is 7.85. The van der Waals surface area contributed by atoms with Crippen LogP contribution in [0, 0.1) is 11.8 Å². The van der Waals surface area contributed by atoms with Gasteiger partial charge in [0.1, 0.15) is 0 Å². The molecule has 1 heteroatoms. The Morgan fingerprint density at radius 1 is 1.36 bits per heavy atom. The lowest BCUT2D eigenvalue weighted by molar-refractivity contribution is 0.453. The fourth-order valence-electron chi connectivity index (χ4n) is 1.01. The van der Waals surface area contributed by atoms with Gasteiger partial charge in [0.2, 0.25) is 0 Å². The van der Waals surface area contributed by atoms with E-state index >= 15 is 0 Å². The molecule has 0 aromatic carbocycles. The highest BCUT2D eigenvalue weighted by molar-refractivity contribution is 5.06. The van der Waals surface area contributed by atoms with Crippen LogP contribution >= 0.6 is 0 Å². The van der Waals surface area contributed by atoms with Gasteiger partial charge >= 0.3 is 0 Å². The number of nitrogens with one attached hydrogen (secondary N) is 1. The molecule has 0 saturated heterocycles. The molecule has 1 saturated carbocycles. The molecule has 0 radical (unpaired) electrons. The Balaban J connectivity index is 2.23. The molecule has 1 rings (SSSR count). The third-order valence-corrected chi connectivity index (χ3v) is 2.48. The molecule has 0 amide bonds. The van der Waals surface area contributed by atoms with Crippen LogP contribution in [0.5, 0.6) is 0 Å². The number of rotatable bonds is 4. The second kappa shape index (κ2) is 3.29. The molecule has 1 aliphatic carbocycles. The minimum absolute atomic E-state index is 0.572. The summed E-state index contributed by atoms with van der Waals surface area (Å²) in [5, 5.41) is 3.45. The monoisotopic (exact) mass is 153 g/mol. The van der Waals surface area contributed by atoms with Crippen LogP contribution in [-0.2, 0) is 0 Å². The molecule has 1 atom stereocenters. The van der Waals surface area contributed by atoms with Gasteiger partial charge in [-0.15, -0.1) is 0 Å². The summed E-state index contributed by atoms with van der Waals surface area (Å²) >= 11 is 0. The van der Waals surface area contributed by atoms with Crippen LogP contribution in [0.4, 0.5) is 0 Å². The van der Waals surface area contributed by atoms with E-state index in [9.17, 15) is 0 Å². The fraction of sp³-hybridized carbons (Fsp3) is 0.800. The van der Waals surface area contributed by atoms with Crippen molar-refractivity contribution in [2.45, 2.75) is 39.7 Å². The quantitative estimate of drug-likeness (QED) is 0.654. The Bertz CT molecular complexity index is 145. The first-order valence-electron chi connectivity index (χ1n) is 4.56. The molecule has 0 aromatic heterocycles. The van der Waals surface area contributed by atoms with Crippen LogP contribution < -0.4 is 5.32 Å². The Kier molecular flexibility index (Phi) is 2.58. The van der Waals surface area contributed by atoms with Crippen molar-refractivity contribution in [1.29, 1.82) is 0 Å². The second-order valence-electron chi connectivity index (χ2n) is 3.98. The minimum Gasteiger partial charge on any atom is -0.386 e. The van der Waals surface area contributed by atoms with Crippen LogP contribution in [0.15, 0.2) is 12.3 Å². The molecule has 11 heavy (non-hydrogen) atoms. The molecule has 64 valence electrons. The zero-order valence-electron chi connectivity index (χ0n) is 7.85. The third-order valence-electron chi connectivity index (χ3n) is 2.48. The highest BCUT2D eigenvalue weighted by Gasteiger charge is 2.25. The van der Waals surface area contributed by atoms with Crippen molar-refractivity contribution in [3.05, 3.63) is 12.3 Å². The predicted molar refractivity (Wildman–Crippen MR) is 49.3 cm³/mol. The SMILES string of the molecule is C=C(N[C@H](C)C(C)C)C1CC1. The van der Waals surface area contributed by atoms with Gasteiger partial charge in [-0.1, -0.05) is 20.4 Å². The Labute approximate surface area is 69.9 Å². The summed E-state index contributed by atoms with van der Waals surface area (Å²) in [6.07, 6.45) is 2.69. The van der Waals surface area contributed by atoms with Crippen molar-refractivity contribution in [2.24, 2.45) is 11.8 Å². The van der Waals surface area contributed by atoms with Gasteiger partial charge in [-0.3, -0.25) is 0 Å². The predicted octanol–water partition coefficient (Wildman–Crippen LogP) is 2.54. The maximum atomic E-state index is 4.03. The molecule has 0 unspecified atom stereocenters. The molecule has 1 aliphatic rings. The number of allylic oxidation sites excluding steroid dienone is 1. The lowest BCUT2D eigenvalue weighted by atomic mass is 10.1. The van der Waals surface area contributed by atoms with Gasteiger partial charge in [-0.2, -0.15) is 0 Å². The van der Waals surface area contributed by atoms with Crippen LogP contribution in [0.2, 0.25) is 0 Å². The van der Waals surface area contributed by atoms with E-state index in [1.807, 2.05) is 0 Å². The first kappa shape index (κ1) is 8.63. The summed E-state index contributed by atoms with van der Waals surface area (Å²) in [6, 6.07) is 0.572. The molecule has 1 nitrogen and oxygen atoms in total. The van der Waals surface area contributed by atoms with E-state index in [0.29, 0.717) is 12.0 Å². The number of hydrogen-bond donors (Lipinski definition) is 1. The Morgan fingerprint density at radius 3 is 2.27 bits per heavy atom. The summed E-state index contributed by atoms with van der Waals surface area (Å²) in [6.45, 7) is 10.7. The first-order chi connectivity index (χ1) is 5.11. The normalized spacial score (nSPS) is 20.0. The van der Waals surface area contributed by atoms with Crippen molar-refractivity contribution >= 4 is 0 Å². The van der Waals surface area contributed by atoms with Crippen LogP contribution in [0.3, 0.4) is 0 Å². The summed E-state index contributed by atoms with van der Waals surface area (Å²) < 4.78 is 0. The van der Waals surface area contributed by atoms with E-state index in [1.54, 1.807) is 0 Å². The van der Waals surface area contributed by atoms with Gasteiger partial charge in [0.05, 0.1) is 0 Å². The second-order valence-corrected chi connectivity index (χ2v) is 3.98. The summed E-state index contributed by atoms with van der Waals surface area (Å²) in [5.74, 6) is 1.49. The van der Waals surface area contributed by atoms with Gasteiger partial charge in [0, 0.05) is 11.7 Å². The van der Waals surface area contributed by atoms with Crippen LogP contribution in [0.25, 0.3) is 0 Å². The molecular weight excluding hydrogens is 134 g/mol. The molecular formula is C10H19N. The molecule has 0 spiro atoms. The maximum absolute atomic E-state index is 4.03. The molecule has 1 fully saturated rings. The summed E-state index contributed by atoms with van der Waals surface area (Å²) in [5.41, 5.74) is 1.26. The highest BCUT2D eigenvalue weighted by atomic mass is 14.9. The van der Waals surface area contributed by atoms with Crippen molar-refractivity contribution in [1.82, 2.24) is 5.32 Å². The van der Waals surface area contributed by atoms with E-state index < -0.39 is 0 Å². The van der Waals surface area contributed by atoms with Crippen molar-refractivity contribution in [3.8, 4) is 0 Å². The van der Waals surface area contributed by atoms with E-state index in [0.717, 1.165) is 5.92 Å². The van der Waals surface area contributed by atoms with Gasteiger partial charge in [-0.25, -0.2) is 0 Å². The molecule has 0 heterocycles. The third kappa shape index (κ3) is 2.57. The highest BCUT2D eigenvalue weighted by Crippen LogP contribution is 2.34. The molecule has 0 aromatic rings. The standard InChI is InChI=1S/C10H19N/c1-7(2)8(3)11-9(4)10-5-6-10/h7-8,10-11H,4-6H2,1-3H3/t8-/m1/s1. The van der Waals surface area contributed by atoms with Crippen LogP contribution in [-0.4, -0.2) is 6.04 Å². The lowest BCUT2D eigenvalue weighted by Crippen LogP contribution is -2.30. The van der Waals surface area contributed by atoms with E-state index in [-0.39, 0.29) is 0 Å². The van der Waals surface area contributed by atoms with E-state index in [2.05, 4.69) is 32.7 Å². The lowest BCUT2D eigenvalue weighted by Gasteiger charge is -2.20. The van der Waals surface area contributed by atoms with Gasteiger partial charge in [0.25, 0.3) is 0 Å². The zero-order chi connectivity index (χ0) is 8.43. The summed E-state index contributed by atoms with van der Waals surface area (Å²) in [4.78, 5) is 0. The first-order valence-corrected chi connectivity index (χ1v) is 4.56. The average Bonchev–Trinajstić information content (AvgIpc) is 2.67.